The number of aryl methyl sites for hydroxylation is 1. The van der Waals surface area contributed by atoms with Crippen LogP contribution in [-0.2, 0) is 6.42 Å². The lowest BCUT2D eigenvalue weighted by molar-refractivity contribution is 0.0697. The molecule has 0 radical (unpaired) electrons. The van der Waals surface area contributed by atoms with E-state index in [2.05, 4.69) is 30.3 Å². The summed E-state index contributed by atoms with van der Waals surface area (Å²) < 4.78 is 2.26. The van der Waals surface area contributed by atoms with Gasteiger partial charge >= 0.3 is 5.97 Å². The Kier molecular flexibility index (Phi) is 3.88. The number of hydrogen-bond acceptors (Lipinski definition) is 2. The molecule has 19 heavy (non-hydrogen) atoms. The van der Waals surface area contributed by atoms with E-state index in [1.54, 1.807) is 12.1 Å². The molecule has 0 spiro atoms. The van der Waals surface area contributed by atoms with Crippen LogP contribution >= 0.6 is 0 Å². The average Bonchev–Trinajstić information content (AvgIpc) is 2.78. The number of rotatable bonds is 5. The SMILES string of the molecule is CCc1nc2cc(C(=O)O)ccc2n1C(CC)CC. The van der Waals surface area contributed by atoms with Gasteiger partial charge in [0.1, 0.15) is 5.82 Å². The van der Waals surface area contributed by atoms with Gasteiger partial charge in [0.15, 0.2) is 0 Å². The summed E-state index contributed by atoms with van der Waals surface area (Å²) in [6, 6.07) is 5.62. The van der Waals surface area contributed by atoms with Crippen LogP contribution in [0.3, 0.4) is 0 Å². The molecule has 0 atom stereocenters. The van der Waals surface area contributed by atoms with Gasteiger partial charge in [0.05, 0.1) is 16.6 Å². The third kappa shape index (κ3) is 2.35. The number of hydrogen-bond donors (Lipinski definition) is 1. The lowest BCUT2D eigenvalue weighted by atomic mass is 10.1. The van der Waals surface area contributed by atoms with Crippen LogP contribution in [0, 0.1) is 0 Å². The molecule has 2 rings (SSSR count). The highest BCUT2D eigenvalue weighted by Crippen LogP contribution is 2.26. The molecular weight excluding hydrogens is 240 g/mol. The number of carboxylic acid groups (broad SMARTS) is 1. The number of nitrogens with zero attached hydrogens (tertiary/aromatic N) is 2. The molecule has 0 saturated carbocycles. The maximum Gasteiger partial charge on any atom is 0.335 e. The Hall–Kier alpha value is -1.84. The summed E-state index contributed by atoms with van der Waals surface area (Å²) in [5.74, 6) is 0.128. The largest absolute Gasteiger partial charge is 0.478 e. The zero-order valence-electron chi connectivity index (χ0n) is 11.7. The van der Waals surface area contributed by atoms with Crippen LogP contribution in [0.25, 0.3) is 11.0 Å². The molecule has 0 aliphatic carbocycles. The van der Waals surface area contributed by atoms with Crippen molar-refractivity contribution in [1.29, 1.82) is 0 Å². The maximum atomic E-state index is 11.0. The second-order valence-electron chi connectivity index (χ2n) is 4.73. The van der Waals surface area contributed by atoms with E-state index in [1.165, 1.54) is 0 Å². The van der Waals surface area contributed by atoms with Gasteiger partial charge < -0.3 is 9.67 Å². The summed E-state index contributed by atoms with van der Waals surface area (Å²) in [5.41, 5.74) is 2.11. The molecule has 102 valence electrons. The van der Waals surface area contributed by atoms with E-state index in [9.17, 15) is 4.79 Å². The van der Waals surface area contributed by atoms with Gasteiger partial charge in [-0.2, -0.15) is 0 Å². The monoisotopic (exact) mass is 260 g/mol. The second-order valence-corrected chi connectivity index (χ2v) is 4.73. The van der Waals surface area contributed by atoms with Crippen LogP contribution in [0.15, 0.2) is 18.2 Å². The van der Waals surface area contributed by atoms with E-state index in [1.807, 2.05) is 6.07 Å². The Morgan fingerprint density at radius 1 is 1.32 bits per heavy atom. The third-order valence-electron chi connectivity index (χ3n) is 3.63. The van der Waals surface area contributed by atoms with E-state index in [-0.39, 0.29) is 0 Å². The summed E-state index contributed by atoms with van der Waals surface area (Å²) in [5, 5.41) is 9.04. The number of fused-ring (bicyclic) bond motifs is 1. The van der Waals surface area contributed by atoms with Crippen molar-refractivity contribution in [3.05, 3.63) is 29.6 Å². The van der Waals surface area contributed by atoms with E-state index >= 15 is 0 Å². The van der Waals surface area contributed by atoms with Gasteiger partial charge in [-0.25, -0.2) is 9.78 Å². The summed E-state index contributed by atoms with van der Waals surface area (Å²) in [6.45, 7) is 6.42. The number of carboxylic acids is 1. The molecule has 1 N–H and O–H groups in total. The Bertz CT molecular complexity index is 597. The fourth-order valence-corrected chi connectivity index (χ4v) is 2.59. The van der Waals surface area contributed by atoms with Crippen molar-refractivity contribution in [3.63, 3.8) is 0 Å². The van der Waals surface area contributed by atoms with E-state index in [4.69, 9.17) is 5.11 Å². The van der Waals surface area contributed by atoms with E-state index < -0.39 is 5.97 Å². The minimum absolute atomic E-state index is 0.296. The molecule has 0 aliphatic heterocycles. The first-order valence-electron chi connectivity index (χ1n) is 6.86. The molecule has 4 heteroatoms. The first kappa shape index (κ1) is 13.6. The van der Waals surface area contributed by atoms with Gasteiger partial charge in [-0.1, -0.05) is 20.8 Å². The fraction of sp³-hybridized carbons (Fsp3) is 0.467. The highest BCUT2D eigenvalue weighted by molar-refractivity contribution is 5.92. The predicted molar refractivity (Wildman–Crippen MR) is 75.7 cm³/mol. The number of benzene rings is 1. The zero-order valence-corrected chi connectivity index (χ0v) is 11.7. The molecule has 0 amide bonds. The highest BCUT2D eigenvalue weighted by atomic mass is 16.4. The molecular formula is C15H20N2O2. The molecule has 2 aromatic rings. The van der Waals surface area contributed by atoms with Crippen molar-refractivity contribution in [2.75, 3.05) is 0 Å². The standard InChI is InChI=1S/C15H20N2O2/c1-4-11(5-2)17-13-8-7-10(15(18)19)9-12(13)16-14(17)6-3/h7-9,11H,4-6H2,1-3H3,(H,18,19). The maximum absolute atomic E-state index is 11.0. The minimum Gasteiger partial charge on any atom is -0.478 e. The Balaban J connectivity index is 2.65. The van der Waals surface area contributed by atoms with Crippen molar-refractivity contribution in [1.82, 2.24) is 9.55 Å². The lowest BCUT2D eigenvalue weighted by Gasteiger charge is -2.18. The van der Waals surface area contributed by atoms with Crippen LogP contribution in [0.5, 0.6) is 0 Å². The van der Waals surface area contributed by atoms with Gasteiger partial charge in [0, 0.05) is 12.5 Å². The summed E-state index contributed by atoms with van der Waals surface area (Å²) in [7, 11) is 0. The van der Waals surface area contributed by atoms with Crippen molar-refractivity contribution >= 4 is 17.0 Å². The predicted octanol–water partition coefficient (Wildman–Crippen LogP) is 3.66. The second kappa shape index (κ2) is 5.43. The van der Waals surface area contributed by atoms with Crippen LogP contribution in [-0.4, -0.2) is 20.6 Å². The Morgan fingerprint density at radius 2 is 2.00 bits per heavy atom. The zero-order chi connectivity index (χ0) is 14.0. The first-order valence-corrected chi connectivity index (χ1v) is 6.86. The molecule has 1 aromatic heterocycles. The number of imidazole rings is 1. The normalized spacial score (nSPS) is 11.4. The average molecular weight is 260 g/mol. The lowest BCUT2D eigenvalue weighted by Crippen LogP contribution is -2.10. The number of aromatic carboxylic acids is 1. The molecule has 1 aromatic carbocycles. The first-order chi connectivity index (χ1) is 9.12. The van der Waals surface area contributed by atoms with Gasteiger partial charge in [-0.15, -0.1) is 0 Å². The topological polar surface area (TPSA) is 55.1 Å². The van der Waals surface area contributed by atoms with Crippen molar-refractivity contribution in [2.45, 2.75) is 46.1 Å². The van der Waals surface area contributed by atoms with Gasteiger partial charge in [0.25, 0.3) is 0 Å². The van der Waals surface area contributed by atoms with Crippen LogP contribution < -0.4 is 0 Å². The Labute approximate surface area is 113 Å². The minimum atomic E-state index is -0.906. The number of aromatic nitrogens is 2. The molecule has 0 aliphatic rings. The number of carbonyl (C=O) groups is 1. The van der Waals surface area contributed by atoms with E-state index in [0.29, 0.717) is 11.6 Å². The summed E-state index contributed by atoms with van der Waals surface area (Å²) >= 11 is 0. The molecule has 1 heterocycles. The molecule has 4 nitrogen and oxygen atoms in total. The molecule has 0 bridgehead atoms. The molecule has 0 unspecified atom stereocenters. The quantitative estimate of drug-likeness (QED) is 0.892. The third-order valence-corrected chi connectivity index (χ3v) is 3.63. The fourth-order valence-electron chi connectivity index (χ4n) is 2.59. The summed E-state index contributed by atoms with van der Waals surface area (Å²) in [6.07, 6.45) is 2.96. The highest BCUT2D eigenvalue weighted by Gasteiger charge is 2.16. The van der Waals surface area contributed by atoms with E-state index in [0.717, 1.165) is 36.1 Å². The summed E-state index contributed by atoms with van der Waals surface area (Å²) in [4.78, 5) is 15.6. The molecule has 0 saturated heterocycles. The van der Waals surface area contributed by atoms with Gasteiger partial charge in [-0.05, 0) is 31.0 Å². The van der Waals surface area contributed by atoms with Crippen LogP contribution in [0.4, 0.5) is 0 Å². The van der Waals surface area contributed by atoms with Crippen molar-refractivity contribution in [3.8, 4) is 0 Å². The van der Waals surface area contributed by atoms with Gasteiger partial charge in [-0.3, -0.25) is 0 Å². The van der Waals surface area contributed by atoms with Crippen molar-refractivity contribution in [2.24, 2.45) is 0 Å². The molecule has 0 fully saturated rings. The smallest absolute Gasteiger partial charge is 0.335 e. The van der Waals surface area contributed by atoms with Crippen molar-refractivity contribution < 1.29 is 9.90 Å². The van der Waals surface area contributed by atoms with Gasteiger partial charge in [0.2, 0.25) is 0 Å². The van der Waals surface area contributed by atoms with Crippen LogP contribution in [0.2, 0.25) is 0 Å². The van der Waals surface area contributed by atoms with Crippen LogP contribution in [0.1, 0.15) is 55.8 Å². The Morgan fingerprint density at radius 3 is 2.53 bits per heavy atom.